The number of nitrogens with one attached hydrogen (secondary N) is 1. The van der Waals surface area contributed by atoms with Crippen LogP contribution in [0.25, 0.3) is 33.2 Å². The molecular weight excluding hydrogens is 529 g/mol. The normalized spacial score (nSPS) is 20.5. The Morgan fingerprint density at radius 1 is 0.905 bits per heavy atom. The Morgan fingerprint density at radius 2 is 1.62 bits per heavy atom. The van der Waals surface area contributed by atoms with E-state index in [1.807, 2.05) is 23.7 Å². The van der Waals surface area contributed by atoms with Crippen molar-refractivity contribution in [2.45, 2.75) is 44.7 Å². The van der Waals surface area contributed by atoms with Crippen molar-refractivity contribution >= 4 is 39.5 Å². The first-order valence-electron chi connectivity index (χ1n) is 14.9. The average molecular weight is 568 g/mol. The van der Waals surface area contributed by atoms with Crippen molar-refractivity contribution in [2.75, 3.05) is 44.3 Å². The molecule has 7 rings (SSSR count). The van der Waals surface area contributed by atoms with Crippen molar-refractivity contribution in [3.05, 3.63) is 60.3 Å². The number of nitrogens with zero attached hydrogens (tertiary/aromatic N) is 7. The molecule has 0 amide bonds. The molecule has 0 radical (unpaired) electrons. The van der Waals surface area contributed by atoms with Crippen LogP contribution in [0.1, 0.15) is 37.3 Å². The van der Waals surface area contributed by atoms with Gasteiger partial charge in [-0.25, -0.2) is 19.3 Å². The summed E-state index contributed by atoms with van der Waals surface area (Å²) in [4.78, 5) is 18.8. The molecule has 3 aromatic heterocycles. The summed E-state index contributed by atoms with van der Waals surface area (Å²) in [7, 11) is 4.11. The third-order valence-electron chi connectivity index (χ3n) is 9.43. The molecule has 2 aliphatic rings. The average Bonchev–Trinajstić information content (AvgIpc) is 3.55. The molecule has 1 aliphatic heterocycles. The van der Waals surface area contributed by atoms with Gasteiger partial charge in [0.15, 0.2) is 0 Å². The fourth-order valence-corrected chi connectivity index (χ4v) is 6.94. The van der Waals surface area contributed by atoms with Crippen LogP contribution >= 0.6 is 0 Å². The minimum atomic E-state index is -0.230. The number of aromatic nitrogens is 5. The maximum absolute atomic E-state index is 14.2. The van der Waals surface area contributed by atoms with Crippen LogP contribution in [0.4, 0.5) is 21.8 Å². The van der Waals surface area contributed by atoms with Gasteiger partial charge in [0.1, 0.15) is 23.6 Å². The number of hydrogen-bond acceptors (Lipinski definition) is 7. The van der Waals surface area contributed by atoms with Gasteiger partial charge in [-0.3, -0.25) is 4.90 Å². The van der Waals surface area contributed by atoms with Crippen molar-refractivity contribution in [2.24, 2.45) is 7.05 Å². The third kappa shape index (κ3) is 4.68. The van der Waals surface area contributed by atoms with E-state index in [-0.39, 0.29) is 5.82 Å². The molecule has 3 N–H and O–H groups in total. The number of imidazole rings is 1. The van der Waals surface area contributed by atoms with Crippen molar-refractivity contribution in [3.63, 3.8) is 0 Å². The lowest BCUT2D eigenvalue weighted by atomic mass is 9.89. The first-order valence-corrected chi connectivity index (χ1v) is 14.9. The summed E-state index contributed by atoms with van der Waals surface area (Å²) in [6.07, 6.45) is 8.48. The van der Waals surface area contributed by atoms with E-state index in [4.69, 9.17) is 10.7 Å². The van der Waals surface area contributed by atoms with E-state index >= 15 is 0 Å². The van der Waals surface area contributed by atoms with Crippen LogP contribution in [0.3, 0.4) is 0 Å². The Kier molecular flexibility index (Phi) is 6.82. The largest absolute Gasteiger partial charge is 0.383 e. The highest BCUT2D eigenvalue weighted by molar-refractivity contribution is 6.00. The Morgan fingerprint density at radius 3 is 2.36 bits per heavy atom. The molecule has 0 spiro atoms. The second kappa shape index (κ2) is 10.7. The third-order valence-corrected chi connectivity index (χ3v) is 9.43. The molecule has 42 heavy (non-hydrogen) atoms. The first kappa shape index (κ1) is 26.9. The Balaban J connectivity index is 1.13. The van der Waals surface area contributed by atoms with Gasteiger partial charge in [0.25, 0.3) is 0 Å². The SMILES string of the molecule is Cc1c(F)ccc2nc(Nc3ccc(-c4cn([C@H]5CC[C@H](N6CCN(C)CC6)CC5)c5ncnc(N)c45)cc3)n(C)c12. The smallest absolute Gasteiger partial charge is 0.208 e. The van der Waals surface area contributed by atoms with Gasteiger partial charge in [-0.05, 0) is 69.5 Å². The first-order chi connectivity index (χ1) is 20.4. The van der Waals surface area contributed by atoms with Gasteiger partial charge < -0.3 is 25.1 Å². The second-order valence-corrected chi connectivity index (χ2v) is 11.9. The highest BCUT2D eigenvalue weighted by Crippen LogP contribution is 2.39. The number of anilines is 3. The molecular formula is C32H38FN9. The molecule has 2 fully saturated rings. The molecule has 0 bridgehead atoms. The van der Waals surface area contributed by atoms with E-state index in [0.29, 0.717) is 29.4 Å². The van der Waals surface area contributed by atoms with Crippen LogP contribution in [0, 0.1) is 12.7 Å². The summed E-state index contributed by atoms with van der Waals surface area (Å²) in [5, 5.41) is 4.30. The molecule has 10 heteroatoms. The number of piperazine rings is 1. The summed E-state index contributed by atoms with van der Waals surface area (Å²) in [5.74, 6) is 0.934. The molecule has 218 valence electrons. The summed E-state index contributed by atoms with van der Waals surface area (Å²) in [6.45, 7) is 6.45. The molecule has 5 aromatic rings. The monoisotopic (exact) mass is 567 g/mol. The van der Waals surface area contributed by atoms with Crippen molar-refractivity contribution in [3.8, 4) is 11.1 Å². The van der Waals surface area contributed by atoms with E-state index in [1.54, 1.807) is 19.3 Å². The van der Waals surface area contributed by atoms with Crippen molar-refractivity contribution in [1.29, 1.82) is 0 Å². The Labute approximate surface area is 245 Å². The molecule has 1 saturated carbocycles. The van der Waals surface area contributed by atoms with Crippen LogP contribution in [-0.2, 0) is 7.05 Å². The molecule has 4 heterocycles. The molecule has 1 saturated heterocycles. The molecule has 1 aliphatic carbocycles. The van der Waals surface area contributed by atoms with Crippen LogP contribution in [0.2, 0.25) is 0 Å². The van der Waals surface area contributed by atoms with Gasteiger partial charge in [-0.1, -0.05) is 12.1 Å². The van der Waals surface area contributed by atoms with Crippen molar-refractivity contribution in [1.82, 2.24) is 33.9 Å². The quantitative estimate of drug-likeness (QED) is 0.290. The van der Waals surface area contributed by atoms with Crippen LogP contribution < -0.4 is 11.1 Å². The molecule has 0 unspecified atom stereocenters. The zero-order valence-corrected chi connectivity index (χ0v) is 24.5. The number of halogens is 1. The Bertz CT molecular complexity index is 1740. The molecule has 2 aromatic carbocycles. The van der Waals surface area contributed by atoms with E-state index < -0.39 is 0 Å². The highest BCUT2D eigenvalue weighted by Gasteiger charge is 2.30. The van der Waals surface area contributed by atoms with Crippen LogP contribution in [0.5, 0.6) is 0 Å². The summed E-state index contributed by atoms with van der Waals surface area (Å²) in [6, 6.07) is 12.5. The fourth-order valence-electron chi connectivity index (χ4n) is 6.94. The fraction of sp³-hybridized carbons (Fsp3) is 0.406. The maximum atomic E-state index is 14.2. The van der Waals surface area contributed by atoms with Gasteiger partial charge >= 0.3 is 0 Å². The lowest BCUT2D eigenvalue weighted by Gasteiger charge is -2.41. The lowest BCUT2D eigenvalue weighted by molar-refractivity contribution is 0.0828. The second-order valence-electron chi connectivity index (χ2n) is 11.9. The predicted molar refractivity (Wildman–Crippen MR) is 166 cm³/mol. The van der Waals surface area contributed by atoms with Gasteiger partial charge in [-0.2, -0.15) is 0 Å². The van der Waals surface area contributed by atoms with Crippen LogP contribution in [-0.4, -0.2) is 73.2 Å². The number of hydrogen-bond donors (Lipinski definition) is 2. The lowest BCUT2D eigenvalue weighted by Crippen LogP contribution is -2.49. The summed E-state index contributed by atoms with van der Waals surface area (Å²) < 4.78 is 18.4. The van der Waals surface area contributed by atoms with Gasteiger partial charge in [0, 0.05) is 68.3 Å². The van der Waals surface area contributed by atoms with Crippen LogP contribution in [0.15, 0.2) is 48.9 Å². The predicted octanol–water partition coefficient (Wildman–Crippen LogP) is 5.49. The van der Waals surface area contributed by atoms with Gasteiger partial charge in [0.2, 0.25) is 5.95 Å². The number of nitrogens with two attached hydrogens (primary N) is 1. The number of likely N-dealkylation sites (N-methyl/N-ethyl adjacent to an activating group) is 1. The number of nitrogen functional groups attached to an aromatic ring is 1. The van der Waals surface area contributed by atoms with E-state index in [1.165, 1.54) is 32.0 Å². The zero-order valence-electron chi connectivity index (χ0n) is 24.5. The number of rotatable bonds is 5. The van der Waals surface area contributed by atoms with E-state index in [2.05, 4.69) is 55.0 Å². The van der Waals surface area contributed by atoms with E-state index in [0.717, 1.165) is 64.8 Å². The molecule has 0 atom stereocenters. The minimum absolute atomic E-state index is 0.230. The van der Waals surface area contributed by atoms with Gasteiger partial charge in [-0.15, -0.1) is 0 Å². The van der Waals surface area contributed by atoms with Crippen molar-refractivity contribution < 1.29 is 4.39 Å². The summed E-state index contributed by atoms with van der Waals surface area (Å²) in [5.41, 5.74) is 12.5. The number of fused-ring (bicyclic) bond motifs is 2. The Hall–Kier alpha value is -4.02. The topological polar surface area (TPSA) is 93.1 Å². The standard InChI is InChI=1S/C32H38FN9/c1-20-26(33)12-13-27-29(20)40(3)32(38-27)37-22-6-4-21(5-7-22)25-18-42(31-28(25)30(34)35-19-36-31)24-10-8-23(9-11-24)41-16-14-39(2)15-17-41/h4-7,12-13,18-19,23-24H,8-11,14-17H2,1-3H3,(H,37,38)(H2,34,35,36)/t23-,24-. The van der Waals surface area contributed by atoms with E-state index in [9.17, 15) is 4.39 Å². The maximum Gasteiger partial charge on any atom is 0.208 e. The number of benzene rings is 2. The minimum Gasteiger partial charge on any atom is -0.383 e. The zero-order chi connectivity index (χ0) is 29.0. The molecule has 9 nitrogen and oxygen atoms in total. The summed E-state index contributed by atoms with van der Waals surface area (Å²) >= 11 is 0. The van der Waals surface area contributed by atoms with Gasteiger partial charge in [0.05, 0.1) is 16.4 Å². The highest BCUT2D eigenvalue weighted by atomic mass is 19.1. The number of aryl methyl sites for hydroxylation is 2.